The summed E-state index contributed by atoms with van der Waals surface area (Å²) < 4.78 is 10.6. The molecule has 94 valence electrons. The van der Waals surface area contributed by atoms with E-state index in [4.69, 9.17) is 9.47 Å². The Labute approximate surface area is 97.9 Å². The minimum Gasteiger partial charge on any atom is -0.383 e. The van der Waals surface area contributed by atoms with E-state index in [1.54, 1.807) is 14.0 Å². The van der Waals surface area contributed by atoms with Gasteiger partial charge in [0.1, 0.15) is 5.78 Å². The summed E-state index contributed by atoms with van der Waals surface area (Å²) in [5.74, 6) is 0.193. The van der Waals surface area contributed by atoms with Crippen LogP contribution in [0.2, 0.25) is 0 Å². The summed E-state index contributed by atoms with van der Waals surface area (Å²) in [5.41, 5.74) is 0. The number of Topliss-reactive ketones (excluding diaryl/α,β-unsaturated/α-hetero) is 1. The molecule has 16 heavy (non-hydrogen) atoms. The first kappa shape index (κ1) is 13.6. The van der Waals surface area contributed by atoms with Crippen molar-refractivity contribution in [3.8, 4) is 0 Å². The average Bonchev–Trinajstić information content (AvgIpc) is 2.65. The molecule has 0 aliphatic carbocycles. The standard InChI is InChI=1S/C12H23NO3/c1-11(14)5-8-16-9-7-13-6-3-4-12(13)10-15-2/h12H,3-10H2,1-2H3/t12-/m0/s1. The molecule has 1 heterocycles. The molecule has 0 unspecified atom stereocenters. The molecule has 1 fully saturated rings. The molecule has 4 heteroatoms. The lowest BCUT2D eigenvalue weighted by molar-refractivity contribution is -0.118. The summed E-state index contributed by atoms with van der Waals surface area (Å²) in [6.45, 7) is 5.77. The molecule has 1 aliphatic rings. The summed E-state index contributed by atoms with van der Waals surface area (Å²) in [6.07, 6.45) is 3.00. The van der Waals surface area contributed by atoms with E-state index in [1.807, 2.05) is 0 Å². The first-order chi connectivity index (χ1) is 7.74. The largest absolute Gasteiger partial charge is 0.383 e. The van der Waals surface area contributed by atoms with E-state index in [2.05, 4.69) is 4.90 Å². The van der Waals surface area contributed by atoms with E-state index in [9.17, 15) is 4.79 Å². The lowest BCUT2D eigenvalue weighted by Gasteiger charge is -2.23. The highest BCUT2D eigenvalue weighted by Gasteiger charge is 2.23. The number of ketones is 1. The molecule has 0 aromatic carbocycles. The Morgan fingerprint density at radius 2 is 2.25 bits per heavy atom. The summed E-state index contributed by atoms with van der Waals surface area (Å²) >= 11 is 0. The number of rotatable bonds is 8. The second-order valence-electron chi connectivity index (χ2n) is 4.35. The molecule has 1 aliphatic heterocycles. The maximum Gasteiger partial charge on any atom is 0.132 e. The SMILES string of the molecule is COC[C@@H]1CCCN1CCOCCC(C)=O. The molecule has 1 atom stereocenters. The molecule has 1 saturated heterocycles. The third-order valence-corrected chi connectivity index (χ3v) is 2.98. The fourth-order valence-electron chi connectivity index (χ4n) is 2.07. The Bertz CT molecular complexity index is 208. The Hall–Kier alpha value is -0.450. The smallest absolute Gasteiger partial charge is 0.132 e. The van der Waals surface area contributed by atoms with E-state index in [1.165, 1.54) is 12.8 Å². The van der Waals surface area contributed by atoms with Crippen LogP contribution < -0.4 is 0 Å². The first-order valence-corrected chi connectivity index (χ1v) is 6.04. The molecule has 0 N–H and O–H groups in total. The monoisotopic (exact) mass is 229 g/mol. The minimum absolute atomic E-state index is 0.193. The van der Waals surface area contributed by atoms with Crippen LogP contribution in [0.5, 0.6) is 0 Å². The van der Waals surface area contributed by atoms with Crippen molar-refractivity contribution < 1.29 is 14.3 Å². The Balaban J connectivity index is 2.05. The number of ether oxygens (including phenoxy) is 2. The van der Waals surface area contributed by atoms with E-state index in [-0.39, 0.29) is 5.78 Å². The van der Waals surface area contributed by atoms with Crippen LogP contribution in [0.1, 0.15) is 26.2 Å². The topological polar surface area (TPSA) is 38.8 Å². The number of nitrogens with zero attached hydrogens (tertiary/aromatic N) is 1. The van der Waals surface area contributed by atoms with Gasteiger partial charge in [-0.2, -0.15) is 0 Å². The third kappa shape index (κ3) is 5.05. The van der Waals surface area contributed by atoms with Gasteiger partial charge in [0.05, 0.1) is 19.8 Å². The molecule has 0 bridgehead atoms. The van der Waals surface area contributed by atoms with Gasteiger partial charge < -0.3 is 9.47 Å². The van der Waals surface area contributed by atoms with Crippen LogP contribution in [0.3, 0.4) is 0 Å². The van der Waals surface area contributed by atoms with Crippen LogP contribution in [-0.4, -0.2) is 56.7 Å². The van der Waals surface area contributed by atoms with Gasteiger partial charge in [-0.3, -0.25) is 9.69 Å². The first-order valence-electron chi connectivity index (χ1n) is 6.04. The molecule has 1 rings (SSSR count). The summed E-state index contributed by atoms with van der Waals surface area (Å²) in [4.78, 5) is 13.1. The van der Waals surface area contributed by atoms with Crippen molar-refractivity contribution in [3.05, 3.63) is 0 Å². The zero-order valence-corrected chi connectivity index (χ0v) is 10.4. The van der Waals surface area contributed by atoms with Gasteiger partial charge in [0.25, 0.3) is 0 Å². The van der Waals surface area contributed by atoms with Gasteiger partial charge in [0, 0.05) is 26.1 Å². The molecule has 0 amide bonds. The lowest BCUT2D eigenvalue weighted by atomic mass is 10.2. The Kier molecular flexibility index (Phi) is 6.61. The predicted octanol–water partition coefficient (Wildman–Crippen LogP) is 1.09. The predicted molar refractivity (Wildman–Crippen MR) is 62.6 cm³/mol. The van der Waals surface area contributed by atoms with Crippen LogP contribution in [0, 0.1) is 0 Å². The van der Waals surface area contributed by atoms with Crippen LogP contribution in [0.25, 0.3) is 0 Å². The fraction of sp³-hybridized carbons (Fsp3) is 0.917. The van der Waals surface area contributed by atoms with Crippen molar-refractivity contribution in [1.82, 2.24) is 4.90 Å². The molecule has 4 nitrogen and oxygen atoms in total. The van der Waals surface area contributed by atoms with E-state index >= 15 is 0 Å². The number of carbonyl (C=O) groups excluding carboxylic acids is 1. The van der Waals surface area contributed by atoms with E-state index < -0.39 is 0 Å². The molecule has 0 saturated carbocycles. The highest BCUT2D eigenvalue weighted by atomic mass is 16.5. The van der Waals surface area contributed by atoms with E-state index in [0.717, 1.165) is 19.7 Å². The normalized spacial score (nSPS) is 21.5. The average molecular weight is 229 g/mol. The van der Waals surface area contributed by atoms with Crippen LogP contribution in [-0.2, 0) is 14.3 Å². The van der Waals surface area contributed by atoms with Gasteiger partial charge >= 0.3 is 0 Å². The molecule has 0 aromatic rings. The van der Waals surface area contributed by atoms with Crippen LogP contribution in [0.15, 0.2) is 0 Å². The molecular formula is C12H23NO3. The number of hydrogen-bond acceptors (Lipinski definition) is 4. The van der Waals surface area contributed by atoms with Crippen molar-refractivity contribution >= 4 is 5.78 Å². The zero-order valence-electron chi connectivity index (χ0n) is 10.4. The summed E-state index contributed by atoms with van der Waals surface area (Å²) in [7, 11) is 1.75. The number of methoxy groups -OCH3 is 1. The Morgan fingerprint density at radius 3 is 2.94 bits per heavy atom. The highest BCUT2D eigenvalue weighted by molar-refractivity contribution is 5.75. The zero-order chi connectivity index (χ0) is 11.8. The number of hydrogen-bond donors (Lipinski definition) is 0. The molecule has 0 aromatic heterocycles. The second-order valence-corrected chi connectivity index (χ2v) is 4.35. The van der Waals surface area contributed by atoms with Crippen molar-refractivity contribution in [2.24, 2.45) is 0 Å². The van der Waals surface area contributed by atoms with Gasteiger partial charge in [-0.1, -0.05) is 0 Å². The van der Waals surface area contributed by atoms with E-state index in [0.29, 0.717) is 25.7 Å². The van der Waals surface area contributed by atoms with Gasteiger partial charge in [0.15, 0.2) is 0 Å². The van der Waals surface area contributed by atoms with Crippen molar-refractivity contribution in [2.45, 2.75) is 32.2 Å². The molecule has 0 spiro atoms. The number of likely N-dealkylation sites (tertiary alicyclic amines) is 1. The Morgan fingerprint density at radius 1 is 1.44 bits per heavy atom. The second kappa shape index (κ2) is 7.76. The summed E-state index contributed by atoms with van der Waals surface area (Å²) in [5, 5.41) is 0. The molecule has 0 radical (unpaired) electrons. The molecular weight excluding hydrogens is 206 g/mol. The van der Waals surface area contributed by atoms with Crippen molar-refractivity contribution in [1.29, 1.82) is 0 Å². The van der Waals surface area contributed by atoms with Crippen molar-refractivity contribution in [2.75, 3.05) is 40.0 Å². The highest BCUT2D eigenvalue weighted by Crippen LogP contribution is 2.16. The van der Waals surface area contributed by atoms with Gasteiger partial charge in [-0.05, 0) is 26.3 Å². The lowest BCUT2D eigenvalue weighted by Crippen LogP contribution is -2.35. The summed E-state index contributed by atoms with van der Waals surface area (Å²) in [6, 6.07) is 0.557. The quantitative estimate of drug-likeness (QED) is 0.584. The van der Waals surface area contributed by atoms with Gasteiger partial charge in [0.2, 0.25) is 0 Å². The number of carbonyl (C=O) groups is 1. The third-order valence-electron chi connectivity index (χ3n) is 2.98. The maximum atomic E-state index is 10.7. The van der Waals surface area contributed by atoms with Gasteiger partial charge in [-0.25, -0.2) is 0 Å². The fourth-order valence-corrected chi connectivity index (χ4v) is 2.07. The van der Waals surface area contributed by atoms with Crippen LogP contribution in [0.4, 0.5) is 0 Å². The van der Waals surface area contributed by atoms with Crippen molar-refractivity contribution in [3.63, 3.8) is 0 Å². The van der Waals surface area contributed by atoms with Crippen LogP contribution >= 0.6 is 0 Å². The van der Waals surface area contributed by atoms with Gasteiger partial charge in [-0.15, -0.1) is 0 Å². The maximum absolute atomic E-state index is 10.7. The minimum atomic E-state index is 0.193.